The topological polar surface area (TPSA) is 42.2 Å². The molecule has 23 heavy (non-hydrogen) atoms. The van der Waals surface area contributed by atoms with Crippen molar-refractivity contribution >= 4 is 32.8 Å². The Labute approximate surface area is 143 Å². The quantitative estimate of drug-likeness (QED) is 0.687. The number of aliphatic carboxylic acids is 1. The molecule has 1 atom stereocenters. The van der Waals surface area contributed by atoms with Gasteiger partial charge < -0.3 is 9.67 Å². The van der Waals surface area contributed by atoms with Gasteiger partial charge in [-0.1, -0.05) is 45.8 Å². The molecule has 0 aliphatic rings. The zero-order valence-electron chi connectivity index (χ0n) is 12.9. The summed E-state index contributed by atoms with van der Waals surface area (Å²) in [6.45, 7) is 2.05. The Morgan fingerprint density at radius 2 is 1.91 bits per heavy atom. The maximum Gasteiger partial charge on any atom is 0.326 e. The average molecular weight is 372 g/mol. The van der Waals surface area contributed by atoms with Gasteiger partial charge in [-0.05, 0) is 49.6 Å². The molecule has 2 aromatic carbocycles. The lowest BCUT2D eigenvalue weighted by molar-refractivity contribution is -0.141. The Morgan fingerprint density at radius 3 is 2.61 bits per heavy atom. The van der Waals surface area contributed by atoms with Gasteiger partial charge in [0.1, 0.15) is 6.04 Å². The van der Waals surface area contributed by atoms with Gasteiger partial charge in [0.05, 0.1) is 0 Å². The SMILES string of the molecule is Cc1ccc(CCC(C(=O)O)n2ccc3cc(Br)ccc32)cc1. The maximum absolute atomic E-state index is 11.8. The predicted molar refractivity (Wildman–Crippen MR) is 95.8 cm³/mol. The smallest absolute Gasteiger partial charge is 0.326 e. The summed E-state index contributed by atoms with van der Waals surface area (Å²) < 4.78 is 2.85. The number of benzene rings is 2. The first kappa shape index (κ1) is 15.8. The van der Waals surface area contributed by atoms with E-state index < -0.39 is 12.0 Å². The zero-order valence-corrected chi connectivity index (χ0v) is 14.5. The lowest BCUT2D eigenvalue weighted by Crippen LogP contribution is -2.19. The molecule has 1 N–H and O–H groups in total. The van der Waals surface area contributed by atoms with Crippen molar-refractivity contribution in [3.05, 3.63) is 70.3 Å². The van der Waals surface area contributed by atoms with Gasteiger partial charge in [-0.15, -0.1) is 0 Å². The number of carbonyl (C=O) groups is 1. The average Bonchev–Trinajstić information content (AvgIpc) is 2.92. The number of hydrogen-bond donors (Lipinski definition) is 1. The van der Waals surface area contributed by atoms with Gasteiger partial charge in [-0.3, -0.25) is 0 Å². The summed E-state index contributed by atoms with van der Waals surface area (Å²) in [6, 6.07) is 15.6. The molecule has 0 saturated carbocycles. The molecule has 1 heterocycles. The van der Waals surface area contributed by atoms with Crippen molar-refractivity contribution in [3.8, 4) is 0 Å². The molecule has 0 radical (unpaired) electrons. The van der Waals surface area contributed by atoms with E-state index in [1.165, 1.54) is 11.1 Å². The van der Waals surface area contributed by atoms with Crippen molar-refractivity contribution < 1.29 is 9.90 Å². The summed E-state index contributed by atoms with van der Waals surface area (Å²) in [7, 11) is 0. The molecular formula is C19H18BrNO2. The fraction of sp³-hybridized carbons (Fsp3) is 0.211. The van der Waals surface area contributed by atoms with Crippen LogP contribution < -0.4 is 0 Å². The Bertz CT molecular complexity index is 836. The Hall–Kier alpha value is -2.07. The Balaban J connectivity index is 1.85. The minimum atomic E-state index is -0.794. The number of nitrogens with zero attached hydrogens (tertiary/aromatic N) is 1. The van der Waals surface area contributed by atoms with Crippen molar-refractivity contribution in [2.75, 3.05) is 0 Å². The molecule has 0 fully saturated rings. The molecule has 1 aromatic heterocycles. The highest BCUT2D eigenvalue weighted by Gasteiger charge is 2.20. The summed E-state index contributed by atoms with van der Waals surface area (Å²) in [5.41, 5.74) is 3.33. The molecule has 0 saturated heterocycles. The second kappa shape index (κ2) is 6.59. The molecule has 3 aromatic rings. The summed E-state index contributed by atoms with van der Waals surface area (Å²) in [6.07, 6.45) is 3.18. The molecule has 4 heteroatoms. The van der Waals surface area contributed by atoms with E-state index in [1.807, 2.05) is 42.0 Å². The van der Waals surface area contributed by atoms with Crippen LogP contribution in [0.2, 0.25) is 0 Å². The summed E-state index contributed by atoms with van der Waals surface area (Å²) in [5.74, 6) is -0.794. The lowest BCUT2D eigenvalue weighted by Gasteiger charge is -2.16. The highest BCUT2D eigenvalue weighted by Crippen LogP contribution is 2.26. The summed E-state index contributed by atoms with van der Waals surface area (Å²) in [4.78, 5) is 11.8. The monoisotopic (exact) mass is 371 g/mol. The van der Waals surface area contributed by atoms with Crippen molar-refractivity contribution in [3.63, 3.8) is 0 Å². The van der Waals surface area contributed by atoms with E-state index in [0.717, 1.165) is 21.8 Å². The van der Waals surface area contributed by atoms with Crippen molar-refractivity contribution in [2.45, 2.75) is 25.8 Å². The third-order valence-electron chi connectivity index (χ3n) is 4.13. The van der Waals surface area contributed by atoms with Gasteiger partial charge in [0.15, 0.2) is 0 Å². The third kappa shape index (κ3) is 3.48. The number of fused-ring (bicyclic) bond motifs is 1. The minimum absolute atomic E-state index is 0.560. The zero-order chi connectivity index (χ0) is 16.4. The van der Waals surface area contributed by atoms with E-state index in [9.17, 15) is 9.90 Å². The molecule has 0 amide bonds. The molecule has 3 nitrogen and oxygen atoms in total. The maximum atomic E-state index is 11.8. The van der Waals surface area contributed by atoms with E-state index in [1.54, 1.807) is 0 Å². The van der Waals surface area contributed by atoms with Crippen LogP contribution in [0.3, 0.4) is 0 Å². The van der Waals surface area contributed by atoms with Gasteiger partial charge in [0.2, 0.25) is 0 Å². The van der Waals surface area contributed by atoms with Crippen LogP contribution in [-0.2, 0) is 11.2 Å². The highest BCUT2D eigenvalue weighted by atomic mass is 79.9. The van der Waals surface area contributed by atoms with Crippen LogP contribution in [0.25, 0.3) is 10.9 Å². The first-order valence-corrected chi connectivity index (χ1v) is 8.38. The largest absolute Gasteiger partial charge is 0.480 e. The minimum Gasteiger partial charge on any atom is -0.480 e. The van der Waals surface area contributed by atoms with Crippen LogP contribution in [0.5, 0.6) is 0 Å². The molecule has 0 aliphatic heterocycles. The van der Waals surface area contributed by atoms with Crippen molar-refractivity contribution in [1.82, 2.24) is 4.57 Å². The Kier molecular flexibility index (Phi) is 4.53. The molecule has 3 rings (SSSR count). The molecule has 1 unspecified atom stereocenters. The van der Waals surface area contributed by atoms with Gasteiger partial charge in [0.25, 0.3) is 0 Å². The van der Waals surface area contributed by atoms with E-state index >= 15 is 0 Å². The van der Waals surface area contributed by atoms with Crippen LogP contribution in [0, 0.1) is 6.92 Å². The lowest BCUT2D eigenvalue weighted by atomic mass is 10.0. The predicted octanol–water partition coefficient (Wildman–Crippen LogP) is 4.97. The van der Waals surface area contributed by atoms with Crippen LogP contribution in [-0.4, -0.2) is 15.6 Å². The van der Waals surface area contributed by atoms with Gasteiger partial charge in [-0.2, -0.15) is 0 Å². The van der Waals surface area contributed by atoms with E-state index in [-0.39, 0.29) is 0 Å². The number of aromatic nitrogens is 1. The first-order valence-electron chi connectivity index (χ1n) is 7.59. The number of carboxylic acids is 1. The van der Waals surface area contributed by atoms with E-state index in [4.69, 9.17) is 0 Å². The van der Waals surface area contributed by atoms with E-state index in [0.29, 0.717) is 6.42 Å². The molecule has 118 valence electrons. The first-order chi connectivity index (χ1) is 11.0. The highest BCUT2D eigenvalue weighted by molar-refractivity contribution is 9.10. The number of hydrogen-bond acceptors (Lipinski definition) is 1. The fourth-order valence-corrected chi connectivity index (χ4v) is 3.23. The van der Waals surface area contributed by atoms with Crippen LogP contribution >= 0.6 is 15.9 Å². The molecular weight excluding hydrogens is 354 g/mol. The normalized spacial score (nSPS) is 12.4. The van der Waals surface area contributed by atoms with Gasteiger partial charge >= 0.3 is 5.97 Å². The number of carboxylic acid groups (broad SMARTS) is 1. The number of rotatable bonds is 5. The molecule has 0 spiro atoms. The second-order valence-electron chi connectivity index (χ2n) is 5.80. The van der Waals surface area contributed by atoms with Crippen LogP contribution in [0.4, 0.5) is 0 Å². The fourth-order valence-electron chi connectivity index (χ4n) is 2.85. The number of aryl methyl sites for hydroxylation is 2. The van der Waals surface area contributed by atoms with Gasteiger partial charge in [0, 0.05) is 21.6 Å². The number of halogens is 1. The standard InChI is InChI=1S/C19H18BrNO2/c1-13-2-4-14(5-3-13)6-8-18(19(22)23)21-11-10-15-12-16(20)7-9-17(15)21/h2-5,7,9-12,18H,6,8H2,1H3,(H,22,23). The van der Waals surface area contributed by atoms with Crippen LogP contribution in [0.1, 0.15) is 23.6 Å². The van der Waals surface area contributed by atoms with Gasteiger partial charge in [-0.25, -0.2) is 4.79 Å². The van der Waals surface area contributed by atoms with Crippen molar-refractivity contribution in [1.29, 1.82) is 0 Å². The summed E-state index contributed by atoms with van der Waals surface area (Å²) >= 11 is 3.45. The molecule has 0 bridgehead atoms. The summed E-state index contributed by atoms with van der Waals surface area (Å²) in [5, 5.41) is 10.7. The van der Waals surface area contributed by atoms with Crippen molar-refractivity contribution in [2.24, 2.45) is 0 Å². The van der Waals surface area contributed by atoms with Crippen LogP contribution in [0.15, 0.2) is 59.2 Å². The Morgan fingerprint density at radius 1 is 1.17 bits per heavy atom. The second-order valence-corrected chi connectivity index (χ2v) is 6.72. The van der Waals surface area contributed by atoms with E-state index in [2.05, 4.69) is 40.2 Å². The third-order valence-corrected chi connectivity index (χ3v) is 4.62. The molecule has 0 aliphatic carbocycles.